The largest absolute Gasteiger partial charge is 0.444 e. The second-order valence-corrected chi connectivity index (χ2v) is 8.49. The van der Waals surface area contributed by atoms with E-state index in [1.807, 2.05) is 25.7 Å². The molecule has 2 bridgehead atoms. The molecule has 0 aromatic carbocycles. The van der Waals surface area contributed by atoms with Crippen molar-refractivity contribution in [3.05, 3.63) is 12.2 Å². The lowest BCUT2D eigenvalue weighted by Gasteiger charge is -2.49. The third-order valence-corrected chi connectivity index (χ3v) is 5.65. The highest BCUT2D eigenvalue weighted by Crippen LogP contribution is 2.35. The number of carbonyl (C=O) groups excluding carboxylic acids is 1. The molecule has 5 unspecified atom stereocenters. The van der Waals surface area contributed by atoms with Crippen LogP contribution in [0.4, 0.5) is 4.79 Å². The second-order valence-electron chi connectivity index (χ2n) is 8.49. The maximum Gasteiger partial charge on any atom is 0.410 e. The van der Waals surface area contributed by atoms with E-state index in [1.165, 1.54) is 0 Å². The van der Waals surface area contributed by atoms with Crippen LogP contribution in [0, 0.1) is 0 Å². The molecule has 3 aliphatic rings. The molecular formula is C18H32N4O2. The van der Waals surface area contributed by atoms with Crippen molar-refractivity contribution < 1.29 is 9.53 Å². The van der Waals surface area contributed by atoms with Crippen molar-refractivity contribution in [3.8, 4) is 0 Å². The molecule has 3 rings (SSSR count). The SMILES string of the molecule is CC1C(N2C3CCC2CN(C(=O)OC(C)(C)C)C3)C=CC(N)N1C. The summed E-state index contributed by atoms with van der Waals surface area (Å²) in [6, 6.07) is 1.57. The Morgan fingerprint density at radius 3 is 2.29 bits per heavy atom. The number of amides is 1. The number of hydrogen-bond acceptors (Lipinski definition) is 5. The molecular weight excluding hydrogens is 304 g/mol. The number of fused-ring (bicyclic) bond motifs is 2. The fraction of sp³-hybridized carbons (Fsp3) is 0.833. The first-order valence-electron chi connectivity index (χ1n) is 9.08. The van der Waals surface area contributed by atoms with Crippen LogP contribution >= 0.6 is 0 Å². The summed E-state index contributed by atoms with van der Waals surface area (Å²) >= 11 is 0. The Morgan fingerprint density at radius 2 is 1.75 bits per heavy atom. The number of likely N-dealkylation sites (tertiary alicyclic amines) is 1. The topological polar surface area (TPSA) is 62.0 Å². The summed E-state index contributed by atoms with van der Waals surface area (Å²) < 4.78 is 5.56. The van der Waals surface area contributed by atoms with Gasteiger partial charge in [0.1, 0.15) is 5.60 Å². The molecule has 0 saturated carbocycles. The van der Waals surface area contributed by atoms with Crippen LogP contribution in [0.25, 0.3) is 0 Å². The first kappa shape index (κ1) is 17.7. The molecule has 2 N–H and O–H groups in total. The van der Waals surface area contributed by atoms with Crippen LogP contribution < -0.4 is 5.73 Å². The van der Waals surface area contributed by atoms with E-state index in [1.54, 1.807) is 0 Å². The third-order valence-electron chi connectivity index (χ3n) is 5.65. The maximum atomic E-state index is 12.4. The number of likely N-dealkylation sites (N-methyl/N-ethyl adjacent to an activating group) is 1. The quantitative estimate of drug-likeness (QED) is 0.737. The lowest BCUT2D eigenvalue weighted by atomic mass is 9.98. The minimum absolute atomic E-state index is 0.00282. The van der Waals surface area contributed by atoms with Gasteiger partial charge in [-0.3, -0.25) is 9.80 Å². The van der Waals surface area contributed by atoms with E-state index in [0.717, 1.165) is 25.9 Å². The molecule has 1 amide bonds. The van der Waals surface area contributed by atoms with E-state index < -0.39 is 5.60 Å². The molecule has 3 aliphatic heterocycles. The predicted molar refractivity (Wildman–Crippen MR) is 94.6 cm³/mol. The van der Waals surface area contributed by atoms with Crippen LogP contribution in [0.1, 0.15) is 40.5 Å². The van der Waals surface area contributed by atoms with E-state index in [4.69, 9.17) is 10.5 Å². The van der Waals surface area contributed by atoms with Gasteiger partial charge >= 0.3 is 6.09 Å². The molecule has 5 atom stereocenters. The van der Waals surface area contributed by atoms with Crippen LogP contribution in [-0.2, 0) is 4.74 Å². The summed E-state index contributed by atoms with van der Waals surface area (Å²) in [6.45, 7) is 9.53. The fourth-order valence-electron chi connectivity index (χ4n) is 4.28. The molecule has 2 saturated heterocycles. The molecule has 0 aromatic heterocycles. The van der Waals surface area contributed by atoms with Gasteiger partial charge in [-0.1, -0.05) is 12.2 Å². The first-order chi connectivity index (χ1) is 11.2. The molecule has 3 heterocycles. The van der Waals surface area contributed by atoms with Crippen LogP contribution in [0.5, 0.6) is 0 Å². The van der Waals surface area contributed by atoms with Crippen molar-refractivity contribution in [1.82, 2.24) is 14.7 Å². The first-order valence-corrected chi connectivity index (χ1v) is 9.08. The Labute approximate surface area is 145 Å². The van der Waals surface area contributed by atoms with E-state index in [2.05, 4.69) is 35.9 Å². The van der Waals surface area contributed by atoms with Gasteiger partial charge in [-0.15, -0.1) is 0 Å². The monoisotopic (exact) mass is 336 g/mol. The lowest BCUT2D eigenvalue weighted by Crippen LogP contribution is -2.64. The van der Waals surface area contributed by atoms with Crippen LogP contribution in [0.2, 0.25) is 0 Å². The highest BCUT2D eigenvalue weighted by Gasteiger charge is 2.47. The molecule has 0 spiro atoms. The van der Waals surface area contributed by atoms with Gasteiger partial charge in [0, 0.05) is 37.3 Å². The maximum absolute atomic E-state index is 12.4. The average Bonchev–Trinajstić information content (AvgIpc) is 2.73. The Balaban J connectivity index is 1.70. The number of carbonyl (C=O) groups is 1. The van der Waals surface area contributed by atoms with Gasteiger partial charge in [-0.25, -0.2) is 4.79 Å². The summed E-state index contributed by atoms with van der Waals surface area (Å²) in [6.07, 6.45) is 6.49. The minimum Gasteiger partial charge on any atom is -0.444 e. The summed E-state index contributed by atoms with van der Waals surface area (Å²) in [5.74, 6) is 0. The molecule has 6 heteroatoms. The van der Waals surface area contributed by atoms with Crippen molar-refractivity contribution in [2.45, 2.75) is 76.5 Å². The van der Waals surface area contributed by atoms with Crippen LogP contribution in [0.15, 0.2) is 12.2 Å². The molecule has 0 aliphatic carbocycles. The summed E-state index contributed by atoms with van der Waals surface area (Å²) in [7, 11) is 2.09. The zero-order valence-corrected chi connectivity index (χ0v) is 15.6. The molecule has 0 aromatic rings. The summed E-state index contributed by atoms with van der Waals surface area (Å²) in [5, 5.41) is 0. The van der Waals surface area contributed by atoms with Gasteiger partial charge < -0.3 is 15.4 Å². The molecule has 2 fully saturated rings. The minimum atomic E-state index is -0.438. The normalized spacial score (nSPS) is 37.8. The smallest absolute Gasteiger partial charge is 0.410 e. The third kappa shape index (κ3) is 3.32. The predicted octanol–water partition coefficient (Wildman–Crippen LogP) is 1.61. The van der Waals surface area contributed by atoms with Gasteiger partial charge in [0.05, 0.1) is 6.17 Å². The molecule has 6 nitrogen and oxygen atoms in total. The number of hydrogen-bond donors (Lipinski definition) is 1. The Kier molecular flexibility index (Phi) is 4.66. The zero-order chi connectivity index (χ0) is 17.6. The Morgan fingerprint density at radius 1 is 1.17 bits per heavy atom. The number of nitrogens with zero attached hydrogens (tertiary/aromatic N) is 3. The van der Waals surface area contributed by atoms with Crippen molar-refractivity contribution in [3.63, 3.8) is 0 Å². The number of ether oxygens (including phenoxy) is 1. The van der Waals surface area contributed by atoms with Crippen LogP contribution in [0.3, 0.4) is 0 Å². The van der Waals surface area contributed by atoms with Gasteiger partial charge in [-0.05, 0) is 47.6 Å². The zero-order valence-electron chi connectivity index (χ0n) is 15.6. The van der Waals surface area contributed by atoms with Crippen molar-refractivity contribution in [1.29, 1.82) is 0 Å². The number of piperazine rings is 1. The van der Waals surface area contributed by atoms with E-state index in [9.17, 15) is 4.79 Å². The summed E-state index contributed by atoms with van der Waals surface area (Å²) in [5.41, 5.74) is 5.68. The fourth-order valence-corrected chi connectivity index (χ4v) is 4.28. The number of nitrogens with two attached hydrogens (primary N) is 1. The van der Waals surface area contributed by atoms with Crippen molar-refractivity contribution >= 4 is 6.09 Å². The van der Waals surface area contributed by atoms with Gasteiger partial charge in [-0.2, -0.15) is 0 Å². The van der Waals surface area contributed by atoms with Gasteiger partial charge in [0.25, 0.3) is 0 Å². The summed E-state index contributed by atoms with van der Waals surface area (Å²) in [4.78, 5) is 19.2. The Hall–Kier alpha value is -1.11. The van der Waals surface area contributed by atoms with Gasteiger partial charge in [0.2, 0.25) is 0 Å². The van der Waals surface area contributed by atoms with E-state index in [-0.39, 0.29) is 12.3 Å². The highest BCUT2D eigenvalue weighted by atomic mass is 16.6. The lowest BCUT2D eigenvalue weighted by molar-refractivity contribution is -0.0150. The van der Waals surface area contributed by atoms with Crippen molar-refractivity contribution in [2.24, 2.45) is 5.73 Å². The molecule has 0 radical (unpaired) electrons. The van der Waals surface area contributed by atoms with E-state index >= 15 is 0 Å². The molecule has 136 valence electrons. The Bertz CT molecular complexity index is 502. The van der Waals surface area contributed by atoms with Crippen molar-refractivity contribution in [2.75, 3.05) is 20.1 Å². The molecule has 24 heavy (non-hydrogen) atoms. The number of rotatable bonds is 1. The second kappa shape index (κ2) is 6.32. The standard InChI is InChI=1S/C18H32N4O2/c1-12-15(8-9-16(19)20(12)5)22-13-6-7-14(22)11-21(10-13)17(23)24-18(2,3)4/h8-9,12-16H,6-7,10-11,19H2,1-5H3. The van der Waals surface area contributed by atoms with Crippen LogP contribution in [-0.4, -0.2) is 76.9 Å². The highest BCUT2D eigenvalue weighted by molar-refractivity contribution is 5.68. The van der Waals surface area contributed by atoms with Gasteiger partial charge in [0.15, 0.2) is 0 Å². The van der Waals surface area contributed by atoms with E-state index in [0.29, 0.717) is 24.2 Å². The average molecular weight is 336 g/mol.